The first-order valence-corrected chi connectivity index (χ1v) is 8.12. The van der Waals surface area contributed by atoms with Crippen LogP contribution in [0.25, 0.3) is 11.6 Å². The lowest BCUT2D eigenvalue weighted by Crippen LogP contribution is -2.34. The quantitative estimate of drug-likeness (QED) is 0.905. The van der Waals surface area contributed by atoms with Crippen LogP contribution in [0.3, 0.4) is 0 Å². The van der Waals surface area contributed by atoms with Gasteiger partial charge in [0.2, 0.25) is 0 Å². The van der Waals surface area contributed by atoms with Gasteiger partial charge in [-0.15, -0.1) is 0 Å². The van der Waals surface area contributed by atoms with Crippen molar-refractivity contribution >= 4 is 15.9 Å². The van der Waals surface area contributed by atoms with E-state index in [4.69, 9.17) is 9.40 Å². The van der Waals surface area contributed by atoms with E-state index < -0.39 is 0 Å². The van der Waals surface area contributed by atoms with Crippen LogP contribution < -0.4 is 5.32 Å². The molecule has 2 heterocycles. The minimum absolute atomic E-state index is 0.242. The van der Waals surface area contributed by atoms with Crippen LogP contribution in [0.5, 0.6) is 0 Å². The van der Waals surface area contributed by atoms with E-state index in [0.29, 0.717) is 17.6 Å². The third-order valence-corrected chi connectivity index (χ3v) is 4.57. The lowest BCUT2D eigenvalue weighted by Gasteiger charge is -2.36. The van der Waals surface area contributed by atoms with E-state index in [0.717, 1.165) is 29.6 Å². The van der Waals surface area contributed by atoms with Gasteiger partial charge in [-0.2, -0.15) is 0 Å². The fourth-order valence-corrected chi connectivity index (χ4v) is 3.42. The van der Waals surface area contributed by atoms with Gasteiger partial charge in [-0.1, -0.05) is 20.8 Å². The van der Waals surface area contributed by atoms with Crippen LogP contribution in [0.2, 0.25) is 0 Å². The highest BCUT2D eigenvalue weighted by atomic mass is 79.9. The number of hydrogen-bond acceptors (Lipinski definition) is 4. The van der Waals surface area contributed by atoms with E-state index in [1.807, 2.05) is 12.3 Å². The molecule has 0 spiro atoms. The smallest absolute Gasteiger partial charge is 0.197 e. The Morgan fingerprint density at radius 3 is 2.95 bits per heavy atom. The van der Waals surface area contributed by atoms with Gasteiger partial charge in [0.05, 0.1) is 10.7 Å². The number of fused-ring (bicyclic) bond motifs is 1. The predicted octanol–water partition coefficient (Wildman–Crippen LogP) is 4.12. The Morgan fingerprint density at radius 1 is 1.48 bits per heavy atom. The fourth-order valence-electron chi connectivity index (χ4n) is 3.04. The van der Waals surface area contributed by atoms with Crippen LogP contribution in [-0.4, -0.2) is 16.5 Å². The Labute approximate surface area is 133 Å². The predicted molar refractivity (Wildman–Crippen MR) is 86.0 cm³/mol. The van der Waals surface area contributed by atoms with Crippen LogP contribution in [0.1, 0.15) is 44.5 Å². The van der Waals surface area contributed by atoms with Gasteiger partial charge >= 0.3 is 0 Å². The van der Waals surface area contributed by atoms with Gasteiger partial charge in [0.25, 0.3) is 0 Å². The molecule has 2 aromatic rings. The number of halogens is 1. The van der Waals surface area contributed by atoms with Crippen LogP contribution in [0.4, 0.5) is 0 Å². The van der Waals surface area contributed by atoms with Crippen molar-refractivity contribution in [2.24, 2.45) is 5.41 Å². The average Bonchev–Trinajstić information content (AvgIpc) is 2.83. The minimum atomic E-state index is 0.242. The summed E-state index contributed by atoms with van der Waals surface area (Å²) in [5.74, 6) is 1.35. The van der Waals surface area contributed by atoms with Crippen LogP contribution >= 0.6 is 15.9 Å². The second-order valence-electron chi connectivity index (χ2n) is 6.35. The fraction of sp³-hybridized carbons (Fsp3) is 0.500. The summed E-state index contributed by atoms with van der Waals surface area (Å²) in [7, 11) is 0. The molecule has 0 amide bonds. The van der Waals surface area contributed by atoms with Crippen molar-refractivity contribution in [2.75, 3.05) is 6.54 Å². The molecule has 0 aromatic carbocycles. The maximum Gasteiger partial charge on any atom is 0.197 e. The summed E-state index contributed by atoms with van der Waals surface area (Å²) in [5, 5.41) is 3.55. The number of hydrogen-bond donors (Lipinski definition) is 1. The van der Waals surface area contributed by atoms with Crippen LogP contribution in [0.15, 0.2) is 27.4 Å². The number of furan rings is 1. The van der Waals surface area contributed by atoms with Gasteiger partial charge in [0.15, 0.2) is 11.6 Å². The SMILES string of the molecule is CCNC1CC(C)(C)Cc2nc(-c3occc3Br)ncc21. The summed E-state index contributed by atoms with van der Waals surface area (Å²) < 4.78 is 6.37. The Hall–Kier alpha value is -1.20. The molecule has 21 heavy (non-hydrogen) atoms. The first kappa shape index (κ1) is 14.7. The second kappa shape index (κ2) is 5.54. The molecule has 0 radical (unpaired) electrons. The van der Waals surface area contributed by atoms with Crippen molar-refractivity contribution in [3.05, 3.63) is 34.3 Å². The Kier molecular flexibility index (Phi) is 3.88. The van der Waals surface area contributed by atoms with Crippen LogP contribution in [-0.2, 0) is 6.42 Å². The lowest BCUT2D eigenvalue weighted by molar-refractivity contribution is 0.255. The molecule has 0 aliphatic heterocycles. The molecule has 1 N–H and O–H groups in total. The van der Waals surface area contributed by atoms with Gasteiger partial charge in [-0.05, 0) is 46.8 Å². The van der Waals surface area contributed by atoms with Crippen molar-refractivity contribution in [1.29, 1.82) is 0 Å². The molecule has 112 valence electrons. The number of nitrogens with zero attached hydrogens (tertiary/aromatic N) is 2. The van der Waals surface area contributed by atoms with E-state index >= 15 is 0 Å². The summed E-state index contributed by atoms with van der Waals surface area (Å²) in [6.07, 6.45) is 5.68. The Balaban J connectivity index is 2.03. The normalized spacial score (nSPS) is 20.3. The van der Waals surface area contributed by atoms with Gasteiger partial charge in [0, 0.05) is 23.5 Å². The molecule has 0 saturated heterocycles. The Morgan fingerprint density at radius 2 is 2.29 bits per heavy atom. The van der Waals surface area contributed by atoms with Gasteiger partial charge in [-0.25, -0.2) is 9.97 Å². The Bertz CT molecular complexity index is 651. The van der Waals surface area contributed by atoms with E-state index in [-0.39, 0.29) is 5.41 Å². The van der Waals surface area contributed by atoms with Crippen molar-refractivity contribution in [1.82, 2.24) is 15.3 Å². The third kappa shape index (κ3) is 2.90. The standard InChI is InChI=1S/C16H20BrN3O/c1-4-18-12-7-16(2,3)8-13-10(12)9-19-15(20-13)14-11(17)5-6-21-14/h5-6,9,12,18H,4,7-8H2,1-3H3. The van der Waals surface area contributed by atoms with E-state index in [1.54, 1.807) is 6.26 Å². The summed E-state index contributed by atoms with van der Waals surface area (Å²) in [5.41, 5.74) is 2.60. The largest absolute Gasteiger partial charge is 0.460 e. The summed E-state index contributed by atoms with van der Waals surface area (Å²) in [4.78, 5) is 9.27. The van der Waals surface area contributed by atoms with Crippen molar-refractivity contribution in [3.63, 3.8) is 0 Å². The highest BCUT2D eigenvalue weighted by Gasteiger charge is 2.33. The zero-order valence-corrected chi connectivity index (χ0v) is 14.2. The maximum absolute atomic E-state index is 5.48. The molecule has 1 aliphatic carbocycles. The number of nitrogens with one attached hydrogen (secondary N) is 1. The van der Waals surface area contributed by atoms with E-state index in [1.165, 1.54) is 5.56 Å². The zero-order valence-electron chi connectivity index (χ0n) is 12.6. The molecule has 0 bridgehead atoms. The maximum atomic E-state index is 5.48. The highest BCUT2D eigenvalue weighted by molar-refractivity contribution is 9.10. The van der Waals surface area contributed by atoms with E-state index in [2.05, 4.69) is 47.0 Å². The molecular formula is C16H20BrN3O. The molecule has 4 nitrogen and oxygen atoms in total. The van der Waals surface area contributed by atoms with Crippen molar-refractivity contribution < 1.29 is 4.42 Å². The van der Waals surface area contributed by atoms with Gasteiger partial charge < -0.3 is 9.73 Å². The average molecular weight is 350 g/mol. The molecular weight excluding hydrogens is 330 g/mol. The monoisotopic (exact) mass is 349 g/mol. The second-order valence-corrected chi connectivity index (χ2v) is 7.20. The molecule has 1 unspecified atom stereocenters. The number of rotatable bonds is 3. The van der Waals surface area contributed by atoms with E-state index in [9.17, 15) is 0 Å². The van der Waals surface area contributed by atoms with Crippen LogP contribution in [0, 0.1) is 5.41 Å². The third-order valence-electron chi connectivity index (χ3n) is 3.95. The molecule has 5 heteroatoms. The first-order chi connectivity index (χ1) is 10.00. The van der Waals surface area contributed by atoms with Gasteiger partial charge in [0.1, 0.15) is 0 Å². The molecule has 2 aromatic heterocycles. The van der Waals surface area contributed by atoms with Crippen molar-refractivity contribution in [2.45, 2.75) is 39.7 Å². The zero-order chi connectivity index (χ0) is 15.0. The first-order valence-electron chi connectivity index (χ1n) is 7.33. The molecule has 0 saturated carbocycles. The molecule has 1 atom stereocenters. The molecule has 3 rings (SSSR count). The van der Waals surface area contributed by atoms with Crippen molar-refractivity contribution in [3.8, 4) is 11.6 Å². The highest BCUT2D eigenvalue weighted by Crippen LogP contribution is 2.40. The summed E-state index contributed by atoms with van der Waals surface area (Å²) in [6, 6.07) is 2.20. The molecule has 1 aliphatic rings. The molecule has 0 fully saturated rings. The summed E-state index contributed by atoms with van der Waals surface area (Å²) >= 11 is 3.47. The minimum Gasteiger partial charge on any atom is -0.460 e. The lowest BCUT2D eigenvalue weighted by atomic mass is 9.74. The van der Waals surface area contributed by atoms with Gasteiger partial charge in [-0.3, -0.25) is 0 Å². The topological polar surface area (TPSA) is 51.0 Å². The number of aromatic nitrogens is 2. The summed E-state index contributed by atoms with van der Waals surface area (Å²) in [6.45, 7) is 7.68.